The Morgan fingerprint density at radius 3 is 1.54 bits per heavy atom. The molecular formula is C30H18NO3P. The van der Waals surface area contributed by atoms with Gasteiger partial charge in [0.1, 0.15) is 28.3 Å². The van der Waals surface area contributed by atoms with E-state index in [1.807, 2.05) is 72.8 Å². The first-order valence-electron chi connectivity index (χ1n) is 11.6. The van der Waals surface area contributed by atoms with Crippen molar-refractivity contribution in [3.63, 3.8) is 0 Å². The molecular weight excluding hydrogens is 453 g/mol. The lowest BCUT2D eigenvalue weighted by Gasteiger charge is -2.43. The molecule has 166 valence electrons. The fraction of sp³-hybridized carbons (Fsp3) is 0. The summed E-state index contributed by atoms with van der Waals surface area (Å²) >= 11 is 0. The monoisotopic (exact) mass is 471 g/mol. The van der Waals surface area contributed by atoms with Gasteiger partial charge in [-0.15, -0.1) is 0 Å². The van der Waals surface area contributed by atoms with Gasteiger partial charge >= 0.3 is 0 Å². The first kappa shape index (κ1) is 19.1. The van der Waals surface area contributed by atoms with Crippen molar-refractivity contribution < 1.29 is 14.0 Å². The van der Waals surface area contributed by atoms with E-state index in [4.69, 9.17) is 9.47 Å². The van der Waals surface area contributed by atoms with Crippen LogP contribution >= 0.6 is 7.14 Å². The molecule has 35 heavy (non-hydrogen) atoms. The lowest BCUT2D eigenvalue weighted by atomic mass is 10.0. The Morgan fingerprint density at radius 1 is 0.486 bits per heavy atom. The van der Waals surface area contributed by atoms with Crippen molar-refractivity contribution in [2.75, 3.05) is 4.90 Å². The first-order chi connectivity index (χ1) is 17.2. The lowest BCUT2D eigenvalue weighted by Crippen LogP contribution is -2.42. The minimum absolute atomic E-state index is 0.608. The Morgan fingerprint density at radius 2 is 0.971 bits per heavy atom. The van der Waals surface area contributed by atoms with E-state index in [-0.39, 0.29) is 0 Å². The predicted molar refractivity (Wildman–Crippen MR) is 140 cm³/mol. The number of hydrogen-bond donors (Lipinski definition) is 0. The predicted octanol–water partition coefficient (Wildman–Crippen LogP) is 6.99. The summed E-state index contributed by atoms with van der Waals surface area (Å²) in [6.07, 6.45) is 0. The van der Waals surface area contributed by atoms with Gasteiger partial charge in [-0.3, -0.25) is 0 Å². The number of hydrogen-bond acceptors (Lipinski definition) is 4. The molecule has 4 nitrogen and oxygen atoms in total. The fourth-order valence-electron chi connectivity index (χ4n) is 5.57. The standard InChI is InChI=1S/C30H18NO3P/c32-35-28-22-9-4-11-24(28)33-26-13-6-14-27(30(26)35)34-25-12-5-10-23(29(25)35)31(22)21-17-15-20(16-18-21)19-7-2-1-3-8-19/h1-18H. The molecule has 0 spiro atoms. The van der Waals surface area contributed by atoms with E-state index in [1.54, 1.807) is 0 Å². The maximum absolute atomic E-state index is 15.2. The summed E-state index contributed by atoms with van der Waals surface area (Å²) < 4.78 is 27.8. The Balaban J connectivity index is 1.40. The molecule has 0 aromatic heterocycles. The SMILES string of the molecule is O=P12c3c4cccc3Oc3cccc(c31)N(c1ccc(-c3ccccc3)cc1)c1cccc(c12)O4. The van der Waals surface area contributed by atoms with E-state index in [1.165, 1.54) is 5.56 Å². The van der Waals surface area contributed by atoms with Gasteiger partial charge in [-0.05, 0) is 59.7 Å². The van der Waals surface area contributed by atoms with Gasteiger partial charge in [0.05, 0.1) is 22.0 Å². The maximum Gasteiger partial charge on any atom is 0.189 e. The highest BCUT2D eigenvalue weighted by atomic mass is 31.2. The quantitative estimate of drug-likeness (QED) is 0.255. The molecule has 3 heterocycles. The molecule has 3 aliphatic rings. The number of nitrogens with zero attached hydrogens (tertiary/aromatic N) is 1. The van der Waals surface area contributed by atoms with Gasteiger partial charge < -0.3 is 18.9 Å². The molecule has 0 atom stereocenters. The van der Waals surface area contributed by atoms with Crippen LogP contribution < -0.4 is 30.3 Å². The van der Waals surface area contributed by atoms with Gasteiger partial charge in [0.25, 0.3) is 0 Å². The minimum Gasteiger partial charge on any atom is -0.456 e. The van der Waals surface area contributed by atoms with Gasteiger partial charge in [0.15, 0.2) is 7.14 Å². The number of benzene rings is 5. The third kappa shape index (κ3) is 2.39. The highest BCUT2D eigenvalue weighted by Crippen LogP contribution is 2.64. The van der Waals surface area contributed by atoms with Crippen LogP contribution in [0.4, 0.5) is 17.1 Å². The van der Waals surface area contributed by atoms with Crippen molar-refractivity contribution in [2.45, 2.75) is 0 Å². The minimum atomic E-state index is -3.19. The van der Waals surface area contributed by atoms with Gasteiger partial charge in [0.2, 0.25) is 0 Å². The average Bonchev–Trinajstić information content (AvgIpc) is 2.89. The molecule has 0 saturated heterocycles. The largest absolute Gasteiger partial charge is 0.456 e. The van der Waals surface area contributed by atoms with Gasteiger partial charge in [-0.2, -0.15) is 0 Å². The van der Waals surface area contributed by atoms with Crippen LogP contribution in [-0.2, 0) is 4.57 Å². The zero-order valence-corrected chi connectivity index (χ0v) is 19.4. The van der Waals surface area contributed by atoms with Gasteiger partial charge in [0, 0.05) is 5.69 Å². The highest BCUT2D eigenvalue weighted by molar-refractivity contribution is 7.87. The summed E-state index contributed by atoms with van der Waals surface area (Å²) in [6.45, 7) is 0. The zero-order chi connectivity index (χ0) is 23.1. The van der Waals surface area contributed by atoms with E-state index in [2.05, 4.69) is 41.3 Å². The molecule has 0 unspecified atom stereocenters. The molecule has 0 saturated carbocycles. The Labute approximate surface area is 202 Å². The molecule has 0 N–H and O–H groups in total. The molecule has 5 heteroatoms. The van der Waals surface area contributed by atoms with Crippen LogP contribution in [0.15, 0.2) is 109 Å². The fourth-order valence-corrected chi connectivity index (χ4v) is 8.96. The van der Waals surface area contributed by atoms with E-state index in [9.17, 15) is 0 Å². The van der Waals surface area contributed by atoms with E-state index >= 15 is 4.57 Å². The normalized spacial score (nSPS) is 15.0. The third-order valence-corrected chi connectivity index (χ3v) is 10.2. The molecule has 0 bridgehead atoms. The second-order valence-corrected chi connectivity index (χ2v) is 11.5. The second-order valence-electron chi connectivity index (χ2n) is 8.91. The maximum atomic E-state index is 15.2. The summed E-state index contributed by atoms with van der Waals surface area (Å²) in [7, 11) is -3.19. The summed E-state index contributed by atoms with van der Waals surface area (Å²) in [4.78, 5) is 2.17. The van der Waals surface area contributed by atoms with Crippen LogP contribution in [0, 0.1) is 0 Å². The molecule has 3 aliphatic heterocycles. The van der Waals surface area contributed by atoms with Crippen molar-refractivity contribution in [1.82, 2.24) is 0 Å². The Hall–Kier alpha value is -4.27. The smallest absolute Gasteiger partial charge is 0.189 e. The van der Waals surface area contributed by atoms with Gasteiger partial charge in [-0.1, -0.05) is 60.7 Å². The molecule has 0 amide bonds. The van der Waals surface area contributed by atoms with Crippen LogP contribution in [0.25, 0.3) is 11.1 Å². The number of rotatable bonds is 2. The molecule has 0 aliphatic carbocycles. The Bertz CT molecular complexity index is 1650. The zero-order valence-electron chi connectivity index (χ0n) is 18.5. The molecule has 0 radical (unpaired) electrons. The van der Waals surface area contributed by atoms with Crippen LogP contribution in [-0.4, -0.2) is 0 Å². The van der Waals surface area contributed by atoms with Crippen molar-refractivity contribution in [2.24, 2.45) is 0 Å². The van der Waals surface area contributed by atoms with Gasteiger partial charge in [-0.25, -0.2) is 0 Å². The van der Waals surface area contributed by atoms with Crippen LogP contribution in [0.1, 0.15) is 0 Å². The third-order valence-electron chi connectivity index (χ3n) is 7.02. The van der Waals surface area contributed by atoms with Crippen LogP contribution in [0.3, 0.4) is 0 Å². The summed E-state index contributed by atoms with van der Waals surface area (Å²) in [6, 6.07) is 36.3. The molecule has 0 fully saturated rings. The second kappa shape index (κ2) is 6.65. The van der Waals surface area contributed by atoms with Crippen molar-refractivity contribution in [1.29, 1.82) is 0 Å². The van der Waals surface area contributed by atoms with E-state index in [0.29, 0.717) is 28.3 Å². The summed E-state index contributed by atoms with van der Waals surface area (Å²) in [5.41, 5.74) is 5.06. The Kier molecular flexibility index (Phi) is 3.63. The van der Waals surface area contributed by atoms with E-state index < -0.39 is 7.14 Å². The van der Waals surface area contributed by atoms with Crippen molar-refractivity contribution >= 4 is 40.1 Å². The van der Waals surface area contributed by atoms with Crippen LogP contribution in [0.5, 0.6) is 23.0 Å². The molecule has 5 aromatic carbocycles. The topological polar surface area (TPSA) is 38.8 Å². The summed E-state index contributed by atoms with van der Waals surface area (Å²) in [5.74, 6) is 2.50. The lowest BCUT2D eigenvalue weighted by molar-refractivity contribution is 0.461. The van der Waals surface area contributed by atoms with Crippen LogP contribution in [0.2, 0.25) is 0 Å². The first-order valence-corrected chi connectivity index (χ1v) is 13.3. The molecule has 5 aromatic rings. The summed E-state index contributed by atoms with van der Waals surface area (Å²) in [5, 5.41) is 2.16. The number of ether oxygens (including phenoxy) is 2. The average molecular weight is 471 g/mol. The van der Waals surface area contributed by atoms with E-state index in [0.717, 1.165) is 33.2 Å². The molecule has 8 rings (SSSR count). The van der Waals surface area contributed by atoms with Crippen molar-refractivity contribution in [3.05, 3.63) is 109 Å². The van der Waals surface area contributed by atoms with Crippen molar-refractivity contribution in [3.8, 4) is 34.1 Å². The highest BCUT2D eigenvalue weighted by Gasteiger charge is 2.52. The number of anilines is 3.